The first-order valence-electron chi connectivity index (χ1n) is 8.30. The van der Waals surface area contributed by atoms with Crippen LogP contribution in [0.2, 0.25) is 0 Å². The third kappa shape index (κ3) is 3.91. The molecule has 1 aromatic carbocycles. The Hall–Kier alpha value is -1.88. The van der Waals surface area contributed by atoms with Crippen LogP contribution >= 0.6 is 0 Å². The minimum Gasteiger partial charge on any atom is -0.381 e. The van der Waals surface area contributed by atoms with Crippen LogP contribution in [0, 0.1) is 11.8 Å². The van der Waals surface area contributed by atoms with Crippen molar-refractivity contribution in [3.8, 4) is 0 Å². The van der Waals surface area contributed by atoms with Gasteiger partial charge in [-0.1, -0.05) is 30.3 Å². The van der Waals surface area contributed by atoms with E-state index in [1.165, 1.54) is 0 Å². The Labute approximate surface area is 137 Å². The van der Waals surface area contributed by atoms with Gasteiger partial charge < -0.3 is 15.0 Å². The zero-order chi connectivity index (χ0) is 16.2. The number of benzene rings is 1. The Kier molecular flexibility index (Phi) is 4.96. The highest BCUT2D eigenvalue weighted by Crippen LogP contribution is 2.27. The van der Waals surface area contributed by atoms with Crippen LogP contribution in [-0.2, 0) is 14.3 Å². The molecule has 1 N–H and O–H groups in total. The molecule has 3 rings (SSSR count). The molecule has 2 aliphatic rings. The second kappa shape index (κ2) is 7.13. The Morgan fingerprint density at radius 3 is 2.78 bits per heavy atom. The summed E-state index contributed by atoms with van der Waals surface area (Å²) in [6.07, 6.45) is 2.24. The lowest BCUT2D eigenvalue weighted by Gasteiger charge is -2.23. The van der Waals surface area contributed by atoms with Gasteiger partial charge in [-0.2, -0.15) is 0 Å². The summed E-state index contributed by atoms with van der Waals surface area (Å²) in [4.78, 5) is 25.9. The second-order valence-electron chi connectivity index (χ2n) is 6.61. The number of hydrogen-bond acceptors (Lipinski definition) is 3. The summed E-state index contributed by atoms with van der Waals surface area (Å²) in [7, 11) is 1.75. The van der Waals surface area contributed by atoms with Crippen LogP contribution in [0.3, 0.4) is 0 Å². The fourth-order valence-electron chi connectivity index (χ4n) is 3.39. The summed E-state index contributed by atoms with van der Waals surface area (Å²) >= 11 is 0. The van der Waals surface area contributed by atoms with Gasteiger partial charge in [0.05, 0.1) is 12.0 Å². The van der Waals surface area contributed by atoms with Crippen molar-refractivity contribution in [3.63, 3.8) is 0 Å². The molecular formula is C18H24N2O3. The van der Waals surface area contributed by atoms with E-state index in [1.807, 2.05) is 30.3 Å². The minimum atomic E-state index is -0.237. The van der Waals surface area contributed by atoms with E-state index in [9.17, 15) is 9.59 Å². The number of likely N-dealkylation sites (tertiary alicyclic amines) is 1. The SMILES string of the molecule is CN1CC(C(=O)NC(CC2CCOC2)c2ccccc2)CC1=O. The van der Waals surface area contributed by atoms with Gasteiger partial charge in [0.15, 0.2) is 0 Å². The van der Waals surface area contributed by atoms with Gasteiger partial charge in [-0.25, -0.2) is 0 Å². The molecule has 2 saturated heterocycles. The third-order valence-corrected chi connectivity index (χ3v) is 4.82. The Morgan fingerprint density at radius 1 is 1.39 bits per heavy atom. The highest BCUT2D eigenvalue weighted by Gasteiger charge is 2.33. The first-order valence-corrected chi connectivity index (χ1v) is 8.30. The van der Waals surface area contributed by atoms with Gasteiger partial charge in [0, 0.05) is 33.2 Å². The first-order chi connectivity index (χ1) is 11.1. The third-order valence-electron chi connectivity index (χ3n) is 4.82. The molecular weight excluding hydrogens is 292 g/mol. The molecule has 0 saturated carbocycles. The molecule has 0 aliphatic carbocycles. The summed E-state index contributed by atoms with van der Waals surface area (Å²) in [6, 6.07) is 10.0. The number of amides is 2. The molecule has 124 valence electrons. The molecule has 2 fully saturated rings. The van der Waals surface area contributed by atoms with Crippen molar-refractivity contribution in [1.82, 2.24) is 10.2 Å². The molecule has 2 amide bonds. The molecule has 1 aromatic rings. The van der Waals surface area contributed by atoms with E-state index in [4.69, 9.17) is 4.74 Å². The van der Waals surface area contributed by atoms with Crippen LogP contribution in [0.25, 0.3) is 0 Å². The van der Waals surface area contributed by atoms with Gasteiger partial charge in [-0.15, -0.1) is 0 Å². The van der Waals surface area contributed by atoms with Crippen molar-refractivity contribution < 1.29 is 14.3 Å². The van der Waals surface area contributed by atoms with E-state index in [2.05, 4.69) is 5.32 Å². The van der Waals surface area contributed by atoms with E-state index in [-0.39, 0.29) is 23.8 Å². The van der Waals surface area contributed by atoms with Gasteiger partial charge in [0.25, 0.3) is 0 Å². The van der Waals surface area contributed by atoms with Crippen molar-refractivity contribution >= 4 is 11.8 Å². The maximum absolute atomic E-state index is 12.6. The summed E-state index contributed by atoms with van der Waals surface area (Å²) in [6.45, 7) is 2.09. The Morgan fingerprint density at radius 2 is 2.17 bits per heavy atom. The molecule has 0 radical (unpaired) electrons. The standard InChI is InChI=1S/C18H24N2O3/c1-20-11-15(10-17(20)21)18(22)19-16(9-13-7-8-23-12-13)14-5-3-2-4-6-14/h2-6,13,15-16H,7-12H2,1H3,(H,19,22). The zero-order valence-corrected chi connectivity index (χ0v) is 13.5. The molecule has 2 aliphatic heterocycles. The van der Waals surface area contributed by atoms with Crippen LogP contribution in [0.15, 0.2) is 30.3 Å². The van der Waals surface area contributed by atoms with Crippen LogP contribution in [-0.4, -0.2) is 43.5 Å². The van der Waals surface area contributed by atoms with Gasteiger partial charge in [-0.3, -0.25) is 9.59 Å². The summed E-state index contributed by atoms with van der Waals surface area (Å²) < 4.78 is 5.46. The predicted molar refractivity (Wildman–Crippen MR) is 86.6 cm³/mol. The van der Waals surface area contributed by atoms with E-state index in [1.54, 1.807) is 11.9 Å². The average molecular weight is 316 g/mol. The van der Waals surface area contributed by atoms with Crippen LogP contribution in [0.1, 0.15) is 30.9 Å². The lowest BCUT2D eigenvalue weighted by atomic mass is 9.93. The molecule has 5 nitrogen and oxygen atoms in total. The zero-order valence-electron chi connectivity index (χ0n) is 13.5. The number of nitrogens with zero attached hydrogens (tertiary/aromatic N) is 1. The normalized spacial score (nSPS) is 25.6. The van der Waals surface area contributed by atoms with Crippen molar-refractivity contribution in [3.05, 3.63) is 35.9 Å². The smallest absolute Gasteiger partial charge is 0.225 e. The second-order valence-corrected chi connectivity index (χ2v) is 6.61. The van der Waals surface area contributed by atoms with Crippen LogP contribution in [0.5, 0.6) is 0 Å². The number of ether oxygens (including phenoxy) is 1. The van der Waals surface area contributed by atoms with Crippen molar-refractivity contribution in [2.45, 2.75) is 25.3 Å². The number of hydrogen-bond donors (Lipinski definition) is 1. The average Bonchev–Trinajstić information content (AvgIpc) is 3.18. The number of carbonyl (C=O) groups excluding carboxylic acids is 2. The highest BCUT2D eigenvalue weighted by atomic mass is 16.5. The maximum atomic E-state index is 12.6. The molecule has 2 heterocycles. The molecule has 23 heavy (non-hydrogen) atoms. The summed E-state index contributed by atoms with van der Waals surface area (Å²) in [5, 5.41) is 3.17. The van der Waals surface area contributed by atoms with Crippen molar-refractivity contribution in [2.24, 2.45) is 11.8 Å². The molecule has 3 unspecified atom stereocenters. The van der Waals surface area contributed by atoms with E-state index < -0.39 is 0 Å². The summed E-state index contributed by atoms with van der Waals surface area (Å²) in [5.74, 6) is 0.271. The monoisotopic (exact) mass is 316 g/mol. The lowest BCUT2D eigenvalue weighted by molar-refractivity contribution is -0.128. The topological polar surface area (TPSA) is 58.6 Å². The fourth-order valence-corrected chi connectivity index (χ4v) is 3.39. The first kappa shape index (κ1) is 16.0. The van der Waals surface area contributed by atoms with Gasteiger partial charge in [-0.05, 0) is 24.3 Å². The van der Waals surface area contributed by atoms with Gasteiger partial charge in [0.1, 0.15) is 0 Å². The lowest BCUT2D eigenvalue weighted by Crippen LogP contribution is -2.36. The largest absolute Gasteiger partial charge is 0.381 e. The van der Waals surface area contributed by atoms with Gasteiger partial charge >= 0.3 is 0 Å². The van der Waals surface area contributed by atoms with E-state index in [0.717, 1.165) is 31.6 Å². The molecule has 3 atom stereocenters. The summed E-state index contributed by atoms with van der Waals surface area (Å²) in [5.41, 5.74) is 1.12. The van der Waals surface area contributed by atoms with E-state index >= 15 is 0 Å². The van der Waals surface area contributed by atoms with Crippen LogP contribution in [0.4, 0.5) is 0 Å². The molecule has 5 heteroatoms. The molecule has 0 aromatic heterocycles. The number of rotatable bonds is 5. The number of carbonyl (C=O) groups is 2. The maximum Gasteiger partial charge on any atom is 0.225 e. The molecule has 0 spiro atoms. The predicted octanol–water partition coefficient (Wildman–Crippen LogP) is 1.75. The van der Waals surface area contributed by atoms with Crippen LogP contribution < -0.4 is 5.32 Å². The van der Waals surface area contributed by atoms with E-state index in [0.29, 0.717) is 18.9 Å². The fraction of sp³-hybridized carbons (Fsp3) is 0.556. The Balaban J connectivity index is 1.68. The molecule has 0 bridgehead atoms. The minimum absolute atomic E-state index is 0.0172. The Bertz CT molecular complexity index is 555. The quantitative estimate of drug-likeness (QED) is 0.900. The van der Waals surface area contributed by atoms with Crippen molar-refractivity contribution in [1.29, 1.82) is 0 Å². The van der Waals surface area contributed by atoms with Gasteiger partial charge in [0.2, 0.25) is 11.8 Å². The highest BCUT2D eigenvalue weighted by molar-refractivity contribution is 5.89. The van der Waals surface area contributed by atoms with Crippen molar-refractivity contribution in [2.75, 3.05) is 26.8 Å². The number of nitrogens with one attached hydrogen (secondary N) is 1.